The van der Waals surface area contributed by atoms with Crippen LogP contribution in [-0.4, -0.2) is 69.2 Å². The lowest BCUT2D eigenvalue weighted by molar-refractivity contribution is 0.0240. The highest BCUT2D eigenvalue weighted by Gasteiger charge is 2.31. The standard InChI is InChI=1S/C33H37Cl2N3O4S/c1-33(2,3)42-32(39)37-17-15-36(16-18-37)30-6-4-5-24(19-30)22-43(40,41)23-25-20-38(21-25)31(26-7-11-28(34)12-8-26)27-9-13-29(35)14-10-27/h4-14,19,23,31H,15-18,20-22H2,1-3H3. The third-order valence-electron chi connectivity index (χ3n) is 7.47. The van der Waals surface area contributed by atoms with Crippen molar-refractivity contribution in [3.05, 3.63) is 111 Å². The fourth-order valence-electron chi connectivity index (χ4n) is 5.48. The van der Waals surface area contributed by atoms with E-state index < -0.39 is 15.4 Å². The Morgan fingerprint density at radius 1 is 0.884 bits per heavy atom. The van der Waals surface area contributed by atoms with Gasteiger partial charge in [0, 0.05) is 60.4 Å². The highest BCUT2D eigenvalue weighted by Crippen LogP contribution is 2.35. The number of piperazine rings is 1. The first-order valence-electron chi connectivity index (χ1n) is 14.3. The van der Waals surface area contributed by atoms with Crippen LogP contribution in [0.3, 0.4) is 0 Å². The smallest absolute Gasteiger partial charge is 0.410 e. The average Bonchev–Trinajstić information content (AvgIpc) is 2.92. The van der Waals surface area contributed by atoms with Crippen molar-refractivity contribution in [2.45, 2.75) is 38.2 Å². The summed E-state index contributed by atoms with van der Waals surface area (Å²) < 4.78 is 31.9. The second kappa shape index (κ2) is 12.9. The first-order valence-corrected chi connectivity index (χ1v) is 16.8. The monoisotopic (exact) mass is 641 g/mol. The summed E-state index contributed by atoms with van der Waals surface area (Å²) in [5.74, 6) is -0.0694. The Morgan fingerprint density at radius 3 is 1.98 bits per heavy atom. The highest BCUT2D eigenvalue weighted by molar-refractivity contribution is 7.93. The Labute approximate surface area is 264 Å². The minimum Gasteiger partial charge on any atom is -0.444 e. The molecule has 0 aromatic heterocycles. The molecule has 0 unspecified atom stereocenters. The van der Waals surface area contributed by atoms with Gasteiger partial charge in [0.2, 0.25) is 0 Å². The lowest BCUT2D eigenvalue weighted by Gasteiger charge is -2.41. The maximum atomic E-state index is 13.2. The normalized spacial score (nSPS) is 16.3. The topological polar surface area (TPSA) is 70.2 Å². The second-order valence-electron chi connectivity index (χ2n) is 12.1. The number of hydrogen-bond acceptors (Lipinski definition) is 6. The summed E-state index contributed by atoms with van der Waals surface area (Å²) in [6.07, 6.45) is -0.303. The van der Waals surface area contributed by atoms with Crippen LogP contribution < -0.4 is 4.90 Å². The zero-order valence-corrected chi connectivity index (χ0v) is 27.0. The molecular weight excluding hydrogens is 605 g/mol. The lowest BCUT2D eigenvalue weighted by Crippen LogP contribution is -2.50. The number of amides is 1. The van der Waals surface area contributed by atoms with Crippen LogP contribution >= 0.6 is 23.2 Å². The fourth-order valence-corrected chi connectivity index (χ4v) is 7.12. The van der Waals surface area contributed by atoms with Gasteiger partial charge in [-0.15, -0.1) is 0 Å². The van der Waals surface area contributed by atoms with E-state index in [1.165, 1.54) is 5.41 Å². The van der Waals surface area contributed by atoms with Crippen LogP contribution in [0.25, 0.3) is 0 Å². The Balaban J connectivity index is 1.21. The first kappa shape index (κ1) is 31.4. The van der Waals surface area contributed by atoms with Crippen molar-refractivity contribution >= 4 is 44.8 Å². The number of sulfone groups is 1. The molecule has 10 heteroatoms. The minimum atomic E-state index is -3.48. The van der Waals surface area contributed by atoms with E-state index in [4.69, 9.17) is 27.9 Å². The molecule has 3 aromatic rings. The Hall–Kier alpha value is -3.04. The van der Waals surface area contributed by atoms with Crippen molar-refractivity contribution in [1.82, 2.24) is 9.80 Å². The van der Waals surface area contributed by atoms with E-state index in [0.29, 0.717) is 49.3 Å². The summed E-state index contributed by atoms with van der Waals surface area (Å²) in [5.41, 5.74) is 4.20. The largest absolute Gasteiger partial charge is 0.444 e. The van der Waals surface area contributed by atoms with Crippen LogP contribution in [-0.2, 0) is 20.3 Å². The quantitative estimate of drug-likeness (QED) is 0.278. The minimum absolute atomic E-state index is 0.0399. The van der Waals surface area contributed by atoms with Crippen LogP contribution in [0, 0.1) is 0 Å². The van der Waals surface area contributed by atoms with Gasteiger partial charge in [-0.1, -0.05) is 59.6 Å². The molecule has 2 fully saturated rings. The van der Waals surface area contributed by atoms with Crippen molar-refractivity contribution in [2.75, 3.05) is 44.2 Å². The van der Waals surface area contributed by atoms with Gasteiger partial charge in [0.05, 0.1) is 11.8 Å². The second-order valence-corrected chi connectivity index (χ2v) is 14.8. The van der Waals surface area contributed by atoms with E-state index in [-0.39, 0.29) is 17.9 Å². The third-order valence-corrected chi connectivity index (χ3v) is 9.40. The van der Waals surface area contributed by atoms with Crippen molar-refractivity contribution in [1.29, 1.82) is 0 Å². The van der Waals surface area contributed by atoms with Crippen LogP contribution in [0.5, 0.6) is 0 Å². The van der Waals surface area contributed by atoms with Gasteiger partial charge in [-0.05, 0) is 79.4 Å². The zero-order chi connectivity index (χ0) is 30.8. The molecule has 3 aromatic carbocycles. The molecule has 0 N–H and O–H groups in total. The zero-order valence-electron chi connectivity index (χ0n) is 24.7. The fraction of sp³-hybridized carbons (Fsp3) is 0.364. The molecule has 5 rings (SSSR count). The maximum absolute atomic E-state index is 13.2. The van der Waals surface area contributed by atoms with Crippen molar-refractivity contribution in [2.24, 2.45) is 0 Å². The molecule has 0 aliphatic carbocycles. The molecule has 0 spiro atoms. The predicted molar refractivity (Wildman–Crippen MR) is 173 cm³/mol. The molecule has 0 atom stereocenters. The van der Waals surface area contributed by atoms with E-state index in [0.717, 1.165) is 28.0 Å². The van der Waals surface area contributed by atoms with Gasteiger partial charge in [0.1, 0.15) is 5.60 Å². The third kappa shape index (κ3) is 8.32. The molecule has 2 aliphatic rings. The molecule has 0 bridgehead atoms. The van der Waals surface area contributed by atoms with Gasteiger partial charge in [-0.2, -0.15) is 0 Å². The van der Waals surface area contributed by atoms with E-state index in [1.807, 2.05) is 93.6 Å². The number of carbonyl (C=O) groups excluding carboxylic acids is 1. The van der Waals surface area contributed by atoms with E-state index in [2.05, 4.69) is 9.80 Å². The lowest BCUT2D eigenvalue weighted by atomic mass is 9.93. The molecule has 1 amide bonds. The van der Waals surface area contributed by atoms with Gasteiger partial charge in [-0.3, -0.25) is 4.90 Å². The van der Waals surface area contributed by atoms with E-state index >= 15 is 0 Å². The number of ether oxygens (including phenoxy) is 1. The molecule has 228 valence electrons. The van der Waals surface area contributed by atoms with Crippen molar-refractivity contribution < 1.29 is 17.9 Å². The van der Waals surface area contributed by atoms with Crippen LogP contribution in [0.1, 0.15) is 43.5 Å². The van der Waals surface area contributed by atoms with Gasteiger partial charge in [0.15, 0.2) is 9.84 Å². The molecule has 2 aliphatic heterocycles. The van der Waals surface area contributed by atoms with Gasteiger partial charge >= 0.3 is 6.09 Å². The summed E-state index contributed by atoms with van der Waals surface area (Å²) in [4.78, 5) is 18.5. The average molecular weight is 643 g/mol. The number of nitrogens with zero attached hydrogens (tertiary/aromatic N) is 3. The summed E-state index contributed by atoms with van der Waals surface area (Å²) in [7, 11) is -3.48. The molecular formula is C33H37Cl2N3O4S. The van der Waals surface area contributed by atoms with Gasteiger partial charge in [-0.25, -0.2) is 13.2 Å². The summed E-state index contributed by atoms with van der Waals surface area (Å²) in [5, 5.41) is 2.78. The predicted octanol–water partition coefficient (Wildman–Crippen LogP) is 6.95. The molecule has 0 saturated carbocycles. The highest BCUT2D eigenvalue weighted by atomic mass is 35.5. The Bertz CT molecular complexity index is 1520. The summed E-state index contributed by atoms with van der Waals surface area (Å²) in [6.45, 7) is 9.08. The van der Waals surface area contributed by atoms with Crippen molar-refractivity contribution in [3.8, 4) is 0 Å². The first-order chi connectivity index (χ1) is 20.3. The molecule has 43 heavy (non-hydrogen) atoms. The van der Waals surface area contributed by atoms with Gasteiger partial charge < -0.3 is 14.5 Å². The van der Waals surface area contributed by atoms with E-state index in [9.17, 15) is 13.2 Å². The summed E-state index contributed by atoms with van der Waals surface area (Å²) in [6, 6.07) is 23.1. The number of hydrogen-bond donors (Lipinski definition) is 0. The number of halogens is 2. The van der Waals surface area contributed by atoms with Crippen LogP contribution in [0.4, 0.5) is 10.5 Å². The number of anilines is 1. The van der Waals surface area contributed by atoms with E-state index in [1.54, 1.807) is 4.90 Å². The number of likely N-dealkylation sites (tertiary alicyclic amines) is 1. The molecule has 0 radical (unpaired) electrons. The van der Waals surface area contributed by atoms with Crippen molar-refractivity contribution in [3.63, 3.8) is 0 Å². The maximum Gasteiger partial charge on any atom is 0.410 e. The Morgan fingerprint density at radius 2 is 1.44 bits per heavy atom. The Kier molecular flexibility index (Phi) is 9.42. The van der Waals surface area contributed by atoms with Crippen LogP contribution in [0.15, 0.2) is 83.8 Å². The molecule has 7 nitrogen and oxygen atoms in total. The van der Waals surface area contributed by atoms with Crippen LogP contribution in [0.2, 0.25) is 10.0 Å². The number of benzene rings is 3. The number of rotatable bonds is 7. The SMILES string of the molecule is CC(C)(C)OC(=O)N1CCN(c2cccc(CS(=O)(=O)C=C3CN(C(c4ccc(Cl)cc4)c4ccc(Cl)cc4)C3)c2)CC1. The number of carbonyl (C=O) groups is 1. The van der Waals surface area contributed by atoms with Gasteiger partial charge in [0.25, 0.3) is 0 Å². The summed E-state index contributed by atoms with van der Waals surface area (Å²) >= 11 is 12.3. The molecule has 2 saturated heterocycles. The molecule has 2 heterocycles.